The Bertz CT molecular complexity index is 585. The van der Waals surface area contributed by atoms with Crippen LogP contribution >= 0.6 is 15.9 Å². The number of hydrogen-bond acceptors (Lipinski definition) is 2. The second kappa shape index (κ2) is 5.44. The second-order valence-electron chi connectivity index (χ2n) is 6.19. The van der Waals surface area contributed by atoms with E-state index in [1.165, 1.54) is 0 Å². The van der Waals surface area contributed by atoms with Crippen LogP contribution in [0.15, 0.2) is 28.7 Å². The molecular weight excluding hydrogens is 332 g/mol. The zero-order chi connectivity index (χ0) is 15.8. The molecule has 1 aromatic rings. The lowest BCUT2D eigenvalue weighted by Gasteiger charge is -2.49. The van der Waals surface area contributed by atoms with Gasteiger partial charge in [0.1, 0.15) is 11.1 Å². The molecule has 1 N–H and O–H groups in total. The molecular formula is C16H21BrN2O2. The SMILES string of the molecule is CCC1(C)C(=O)NC(C)(C)C(=O)N1Cc1ccccc1Br. The Hall–Kier alpha value is -1.36. The Kier molecular flexibility index (Phi) is 4.15. The molecule has 1 fully saturated rings. The molecule has 1 atom stereocenters. The second-order valence-corrected chi connectivity index (χ2v) is 7.04. The van der Waals surface area contributed by atoms with Gasteiger partial charge in [-0.3, -0.25) is 9.59 Å². The van der Waals surface area contributed by atoms with Crippen molar-refractivity contribution in [3.05, 3.63) is 34.3 Å². The third kappa shape index (κ3) is 2.71. The molecule has 0 aromatic heterocycles. The quantitative estimate of drug-likeness (QED) is 0.909. The van der Waals surface area contributed by atoms with Crippen LogP contribution in [0.3, 0.4) is 0 Å². The summed E-state index contributed by atoms with van der Waals surface area (Å²) in [5.41, 5.74) is -0.689. The van der Waals surface area contributed by atoms with E-state index in [1.54, 1.807) is 18.7 Å². The summed E-state index contributed by atoms with van der Waals surface area (Å²) in [4.78, 5) is 27.0. The summed E-state index contributed by atoms with van der Waals surface area (Å²) in [5, 5.41) is 2.84. The number of carbonyl (C=O) groups is 2. The number of benzene rings is 1. The molecule has 1 unspecified atom stereocenters. The first-order chi connectivity index (χ1) is 9.72. The average Bonchev–Trinajstić information content (AvgIpc) is 2.43. The largest absolute Gasteiger partial charge is 0.340 e. The summed E-state index contributed by atoms with van der Waals surface area (Å²) in [6.07, 6.45) is 0.575. The van der Waals surface area contributed by atoms with Crippen molar-refractivity contribution in [2.45, 2.75) is 51.7 Å². The van der Waals surface area contributed by atoms with Crippen LogP contribution in [0, 0.1) is 0 Å². The highest BCUT2D eigenvalue weighted by molar-refractivity contribution is 9.10. The molecule has 5 heteroatoms. The van der Waals surface area contributed by atoms with E-state index in [0.29, 0.717) is 13.0 Å². The fraction of sp³-hybridized carbons (Fsp3) is 0.500. The fourth-order valence-corrected chi connectivity index (χ4v) is 2.96. The van der Waals surface area contributed by atoms with Gasteiger partial charge in [-0.25, -0.2) is 0 Å². The first-order valence-electron chi connectivity index (χ1n) is 7.10. The Morgan fingerprint density at radius 2 is 1.81 bits per heavy atom. The summed E-state index contributed by atoms with van der Waals surface area (Å²) in [6, 6.07) is 7.77. The van der Waals surface area contributed by atoms with Crippen molar-refractivity contribution in [1.29, 1.82) is 0 Å². The molecule has 2 rings (SSSR count). The first-order valence-corrected chi connectivity index (χ1v) is 7.90. The van der Waals surface area contributed by atoms with Gasteiger partial charge in [0, 0.05) is 11.0 Å². The molecule has 2 amide bonds. The highest BCUT2D eigenvalue weighted by Crippen LogP contribution is 2.31. The van der Waals surface area contributed by atoms with Crippen LogP contribution in [0.2, 0.25) is 0 Å². The molecule has 1 aromatic carbocycles. The summed E-state index contributed by atoms with van der Waals surface area (Å²) < 4.78 is 0.944. The van der Waals surface area contributed by atoms with Crippen LogP contribution in [0.5, 0.6) is 0 Å². The van der Waals surface area contributed by atoms with Gasteiger partial charge in [-0.2, -0.15) is 0 Å². The van der Waals surface area contributed by atoms with E-state index in [9.17, 15) is 9.59 Å². The van der Waals surface area contributed by atoms with Crippen LogP contribution in [-0.2, 0) is 16.1 Å². The van der Waals surface area contributed by atoms with Gasteiger partial charge in [-0.05, 0) is 38.8 Å². The van der Waals surface area contributed by atoms with E-state index >= 15 is 0 Å². The third-order valence-electron chi connectivity index (χ3n) is 4.27. The van der Waals surface area contributed by atoms with Gasteiger partial charge in [-0.15, -0.1) is 0 Å². The lowest BCUT2D eigenvalue weighted by molar-refractivity contribution is -0.161. The number of nitrogens with zero attached hydrogens (tertiary/aromatic N) is 1. The van der Waals surface area contributed by atoms with Crippen LogP contribution in [-0.4, -0.2) is 27.8 Å². The van der Waals surface area contributed by atoms with Crippen molar-refractivity contribution in [3.8, 4) is 0 Å². The van der Waals surface area contributed by atoms with Crippen molar-refractivity contribution < 1.29 is 9.59 Å². The number of rotatable bonds is 3. The Morgan fingerprint density at radius 3 is 2.38 bits per heavy atom. The standard InChI is InChI=1S/C16H21BrN2O2/c1-5-16(4)13(20)18-15(2,3)14(21)19(16)10-11-8-6-7-9-12(11)17/h6-9H,5,10H2,1-4H3,(H,18,20). The summed E-state index contributed by atoms with van der Waals surface area (Å²) in [7, 11) is 0. The number of nitrogens with one attached hydrogen (secondary N) is 1. The maximum Gasteiger partial charge on any atom is 0.248 e. The van der Waals surface area contributed by atoms with Gasteiger partial charge in [0.25, 0.3) is 0 Å². The normalized spacial score (nSPS) is 24.9. The van der Waals surface area contributed by atoms with Crippen molar-refractivity contribution in [2.24, 2.45) is 0 Å². The smallest absolute Gasteiger partial charge is 0.248 e. The Labute approximate surface area is 134 Å². The lowest BCUT2D eigenvalue weighted by Crippen LogP contribution is -2.72. The van der Waals surface area contributed by atoms with Gasteiger partial charge in [0.2, 0.25) is 11.8 Å². The van der Waals surface area contributed by atoms with Crippen LogP contribution in [0.1, 0.15) is 39.7 Å². The number of halogens is 1. The van der Waals surface area contributed by atoms with E-state index in [2.05, 4.69) is 21.2 Å². The maximum absolute atomic E-state index is 12.8. The summed E-state index contributed by atoms with van der Waals surface area (Å²) in [6.45, 7) is 7.66. The van der Waals surface area contributed by atoms with Crippen molar-refractivity contribution in [1.82, 2.24) is 10.2 Å². The van der Waals surface area contributed by atoms with E-state index in [4.69, 9.17) is 0 Å². The van der Waals surface area contributed by atoms with Crippen LogP contribution in [0.25, 0.3) is 0 Å². The molecule has 1 saturated heterocycles. The van der Waals surface area contributed by atoms with Crippen molar-refractivity contribution in [2.75, 3.05) is 0 Å². The monoisotopic (exact) mass is 352 g/mol. The average molecular weight is 353 g/mol. The fourth-order valence-electron chi connectivity index (χ4n) is 2.55. The zero-order valence-electron chi connectivity index (χ0n) is 12.9. The molecule has 1 aliphatic rings. The molecule has 1 aliphatic heterocycles. The first kappa shape index (κ1) is 16.0. The van der Waals surface area contributed by atoms with Crippen molar-refractivity contribution >= 4 is 27.7 Å². The predicted molar refractivity (Wildman–Crippen MR) is 85.6 cm³/mol. The van der Waals surface area contributed by atoms with E-state index in [0.717, 1.165) is 10.0 Å². The minimum absolute atomic E-state index is 0.0535. The minimum Gasteiger partial charge on any atom is -0.340 e. The number of amides is 2. The summed E-state index contributed by atoms with van der Waals surface area (Å²) in [5.74, 6) is -0.149. The zero-order valence-corrected chi connectivity index (χ0v) is 14.5. The van der Waals surface area contributed by atoms with Gasteiger partial charge >= 0.3 is 0 Å². The predicted octanol–water partition coefficient (Wildman–Crippen LogP) is 2.85. The molecule has 1 heterocycles. The Morgan fingerprint density at radius 1 is 1.19 bits per heavy atom. The molecule has 21 heavy (non-hydrogen) atoms. The lowest BCUT2D eigenvalue weighted by atomic mass is 9.86. The van der Waals surface area contributed by atoms with E-state index in [1.807, 2.05) is 38.1 Å². The highest BCUT2D eigenvalue weighted by Gasteiger charge is 2.51. The van der Waals surface area contributed by atoms with Crippen LogP contribution in [0.4, 0.5) is 0 Å². The number of hydrogen-bond donors (Lipinski definition) is 1. The van der Waals surface area contributed by atoms with Gasteiger partial charge in [-0.1, -0.05) is 41.1 Å². The van der Waals surface area contributed by atoms with Gasteiger partial charge in [0.15, 0.2) is 0 Å². The Balaban J connectivity index is 2.43. The van der Waals surface area contributed by atoms with Gasteiger partial charge in [0.05, 0.1) is 0 Å². The minimum atomic E-state index is -0.868. The highest BCUT2D eigenvalue weighted by atomic mass is 79.9. The third-order valence-corrected chi connectivity index (χ3v) is 5.04. The molecule has 0 radical (unpaired) electrons. The van der Waals surface area contributed by atoms with E-state index < -0.39 is 11.1 Å². The molecule has 0 saturated carbocycles. The van der Waals surface area contributed by atoms with Crippen molar-refractivity contribution in [3.63, 3.8) is 0 Å². The number of piperazine rings is 1. The summed E-state index contributed by atoms with van der Waals surface area (Å²) >= 11 is 3.51. The van der Waals surface area contributed by atoms with Crippen LogP contribution < -0.4 is 5.32 Å². The molecule has 0 bridgehead atoms. The van der Waals surface area contributed by atoms with Gasteiger partial charge < -0.3 is 10.2 Å². The topological polar surface area (TPSA) is 49.4 Å². The van der Waals surface area contributed by atoms with E-state index in [-0.39, 0.29) is 11.8 Å². The molecule has 0 spiro atoms. The number of carbonyl (C=O) groups excluding carboxylic acids is 2. The maximum atomic E-state index is 12.8. The molecule has 0 aliphatic carbocycles. The molecule has 114 valence electrons. The molecule has 4 nitrogen and oxygen atoms in total.